The Morgan fingerprint density at radius 2 is 2.14 bits per heavy atom. The topological polar surface area (TPSA) is 49.9 Å². The molecule has 3 aliphatic rings. The molecule has 3 aliphatic heterocycles. The number of amides is 2. The van der Waals surface area contributed by atoms with Crippen LogP contribution in [0, 0.1) is 5.41 Å². The number of hydrogen-bond donors (Lipinski definition) is 0. The van der Waals surface area contributed by atoms with Gasteiger partial charge >= 0.3 is 0 Å². The van der Waals surface area contributed by atoms with Crippen LogP contribution in [0.25, 0.3) is 0 Å². The molecular weight excluding hydrogens is 280 g/mol. The zero-order valence-electron chi connectivity index (χ0n) is 13.3. The van der Waals surface area contributed by atoms with Crippen molar-refractivity contribution >= 4 is 11.8 Å². The normalized spacial score (nSPS) is 28.2. The lowest BCUT2D eigenvalue weighted by Crippen LogP contribution is -2.53. The van der Waals surface area contributed by atoms with Crippen molar-refractivity contribution in [2.24, 2.45) is 5.41 Å². The van der Waals surface area contributed by atoms with Crippen molar-refractivity contribution < 1.29 is 14.3 Å². The predicted molar refractivity (Wildman–Crippen MR) is 83.2 cm³/mol. The summed E-state index contributed by atoms with van der Waals surface area (Å²) < 4.78 is 5.51. The van der Waals surface area contributed by atoms with Crippen LogP contribution in [-0.4, -0.2) is 60.5 Å². The fourth-order valence-electron chi connectivity index (χ4n) is 4.01. The summed E-state index contributed by atoms with van der Waals surface area (Å²) in [6, 6.07) is 0. The molecule has 0 radical (unpaired) electrons. The highest BCUT2D eigenvalue weighted by molar-refractivity contribution is 5.81. The molecule has 5 nitrogen and oxygen atoms in total. The number of carbonyl (C=O) groups excluding carboxylic acids is 2. The Bertz CT molecular complexity index is 449. The van der Waals surface area contributed by atoms with Gasteiger partial charge in [-0.1, -0.05) is 6.08 Å². The van der Waals surface area contributed by atoms with Gasteiger partial charge in [-0.25, -0.2) is 0 Å². The first-order valence-corrected chi connectivity index (χ1v) is 8.43. The standard InChI is InChI=1S/C17H26N2O3/c1-2-9-19-13-17(6-5-15(19)20)7-10-18(11-8-17)16(21)14-4-3-12-22-14/h2,14H,1,3-13H2. The summed E-state index contributed by atoms with van der Waals surface area (Å²) >= 11 is 0. The SMILES string of the molecule is C=CCN1CC2(CCC1=O)CCN(C(=O)C1CCCO1)CC2. The highest BCUT2D eigenvalue weighted by atomic mass is 16.5. The largest absolute Gasteiger partial charge is 0.368 e. The number of likely N-dealkylation sites (tertiary alicyclic amines) is 2. The first kappa shape index (κ1) is 15.5. The summed E-state index contributed by atoms with van der Waals surface area (Å²) in [5, 5.41) is 0. The van der Waals surface area contributed by atoms with Gasteiger partial charge in [-0.05, 0) is 37.5 Å². The van der Waals surface area contributed by atoms with Crippen LogP contribution in [0.15, 0.2) is 12.7 Å². The van der Waals surface area contributed by atoms with E-state index in [-0.39, 0.29) is 23.3 Å². The van der Waals surface area contributed by atoms with Crippen LogP contribution in [0.5, 0.6) is 0 Å². The van der Waals surface area contributed by atoms with Crippen molar-refractivity contribution in [2.45, 2.75) is 44.6 Å². The monoisotopic (exact) mass is 306 g/mol. The van der Waals surface area contributed by atoms with Gasteiger partial charge in [-0.15, -0.1) is 6.58 Å². The maximum atomic E-state index is 12.4. The molecule has 1 unspecified atom stereocenters. The van der Waals surface area contributed by atoms with E-state index in [0.717, 1.165) is 51.7 Å². The summed E-state index contributed by atoms with van der Waals surface area (Å²) in [6.45, 7) is 7.51. The molecule has 2 amide bonds. The second-order valence-electron chi connectivity index (χ2n) is 6.89. The van der Waals surface area contributed by atoms with E-state index in [1.165, 1.54) is 0 Å². The third kappa shape index (κ3) is 3.05. The smallest absolute Gasteiger partial charge is 0.251 e. The molecule has 0 aromatic rings. The zero-order valence-corrected chi connectivity index (χ0v) is 13.3. The van der Waals surface area contributed by atoms with Crippen LogP contribution < -0.4 is 0 Å². The van der Waals surface area contributed by atoms with Gasteiger partial charge in [0.05, 0.1) is 0 Å². The van der Waals surface area contributed by atoms with Crippen molar-refractivity contribution in [3.8, 4) is 0 Å². The van der Waals surface area contributed by atoms with Crippen molar-refractivity contribution in [3.05, 3.63) is 12.7 Å². The summed E-state index contributed by atoms with van der Waals surface area (Å²) in [6.07, 6.45) is 7.02. The summed E-state index contributed by atoms with van der Waals surface area (Å²) in [7, 11) is 0. The quantitative estimate of drug-likeness (QED) is 0.744. The molecule has 3 rings (SSSR count). The van der Waals surface area contributed by atoms with Crippen molar-refractivity contribution in [3.63, 3.8) is 0 Å². The van der Waals surface area contributed by atoms with Crippen molar-refractivity contribution in [1.82, 2.24) is 9.80 Å². The van der Waals surface area contributed by atoms with E-state index in [9.17, 15) is 9.59 Å². The van der Waals surface area contributed by atoms with Gasteiger partial charge < -0.3 is 14.5 Å². The minimum atomic E-state index is -0.209. The minimum Gasteiger partial charge on any atom is -0.368 e. The van der Waals surface area contributed by atoms with Gasteiger partial charge in [0.15, 0.2) is 0 Å². The van der Waals surface area contributed by atoms with Gasteiger partial charge in [0.25, 0.3) is 5.91 Å². The fourth-order valence-corrected chi connectivity index (χ4v) is 4.01. The van der Waals surface area contributed by atoms with Crippen LogP contribution in [0.4, 0.5) is 0 Å². The molecule has 0 saturated carbocycles. The predicted octanol–water partition coefficient (Wildman–Crippen LogP) is 1.58. The van der Waals surface area contributed by atoms with Crippen LogP contribution >= 0.6 is 0 Å². The Hall–Kier alpha value is -1.36. The first-order valence-electron chi connectivity index (χ1n) is 8.43. The second-order valence-corrected chi connectivity index (χ2v) is 6.89. The van der Waals surface area contributed by atoms with Crippen LogP contribution in [-0.2, 0) is 14.3 Å². The number of nitrogens with zero attached hydrogens (tertiary/aromatic N) is 2. The molecule has 0 aromatic carbocycles. The van der Waals surface area contributed by atoms with Crippen molar-refractivity contribution in [2.75, 3.05) is 32.8 Å². The highest BCUT2D eigenvalue weighted by Crippen LogP contribution is 2.40. The van der Waals surface area contributed by atoms with Gasteiger partial charge in [0.2, 0.25) is 5.91 Å². The van der Waals surface area contributed by atoms with Gasteiger partial charge in [0, 0.05) is 39.2 Å². The van der Waals surface area contributed by atoms with Crippen molar-refractivity contribution in [1.29, 1.82) is 0 Å². The van der Waals surface area contributed by atoms with Gasteiger partial charge in [-0.2, -0.15) is 0 Å². The number of carbonyl (C=O) groups is 2. The van der Waals surface area contributed by atoms with Crippen LogP contribution in [0.1, 0.15) is 38.5 Å². The molecule has 0 N–H and O–H groups in total. The average Bonchev–Trinajstić information content (AvgIpc) is 3.06. The Morgan fingerprint density at radius 1 is 1.36 bits per heavy atom. The minimum absolute atomic E-state index is 0.169. The van der Waals surface area contributed by atoms with E-state index >= 15 is 0 Å². The lowest BCUT2D eigenvalue weighted by Gasteiger charge is -2.47. The number of rotatable bonds is 3. The first-order chi connectivity index (χ1) is 10.6. The molecular formula is C17H26N2O3. The van der Waals surface area contributed by atoms with Crippen LogP contribution in [0.3, 0.4) is 0 Å². The second kappa shape index (κ2) is 6.41. The van der Waals surface area contributed by atoms with Gasteiger partial charge in [-0.3, -0.25) is 9.59 Å². The number of ether oxygens (including phenoxy) is 1. The Balaban J connectivity index is 1.57. The maximum absolute atomic E-state index is 12.4. The third-order valence-corrected chi connectivity index (χ3v) is 5.44. The number of piperidine rings is 2. The highest BCUT2D eigenvalue weighted by Gasteiger charge is 2.42. The molecule has 1 atom stereocenters. The Kier molecular flexibility index (Phi) is 4.52. The molecule has 3 saturated heterocycles. The van der Waals surface area contributed by atoms with Gasteiger partial charge in [0.1, 0.15) is 6.10 Å². The molecule has 0 aromatic heterocycles. The molecule has 5 heteroatoms. The lowest BCUT2D eigenvalue weighted by atomic mass is 9.72. The molecule has 3 heterocycles. The molecule has 1 spiro atoms. The Labute approximate surface area is 132 Å². The van der Waals surface area contributed by atoms with E-state index < -0.39 is 0 Å². The van der Waals surface area contributed by atoms with E-state index in [1.807, 2.05) is 9.80 Å². The Morgan fingerprint density at radius 3 is 2.77 bits per heavy atom. The maximum Gasteiger partial charge on any atom is 0.251 e. The summed E-state index contributed by atoms with van der Waals surface area (Å²) in [5.74, 6) is 0.408. The molecule has 0 aliphatic carbocycles. The summed E-state index contributed by atoms with van der Waals surface area (Å²) in [4.78, 5) is 28.3. The summed E-state index contributed by atoms with van der Waals surface area (Å²) in [5.41, 5.74) is 0.199. The number of hydrogen-bond acceptors (Lipinski definition) is 3. The fraction of sp³-hybridized carbons (Fsp3) is 0.765. The molecule has 122 valence electrons. The van der Waals surface area contributed by atoms with E-state index in [4.69, 9.17) is 4.74 Å². The third-order valence-electron chi connectivity index (χ3n) is 5.44. The molecule has 22 heavy (non-hydrogen) atoms. The average molecular weight is 306 g/mol. The molecule has 3 fully saturated rings. The van der Waals surface area contributed by atoms with Crippen LogP contribution in [0.2, 0.25) is 0 Å². The van der Waals surface area contributed by atoms with E-state index in [2.05, 4.69) is 6.58 Å². The zero-order chi connectivity index (χ0) is 15.6. The van der Waals surface area contributed by atoms with E-state index in [0.29, 0.717) is 19.6 Å². The lowest BCUT2D eigenvalue weighted by molar-refractivity contribution is -0.147. The van der Waals surface area contributed by atoms with E-state index in [1.54, 1.807) is 6.08 Å². The molecule has 0 bridgehead atoms.